The Morgan fingerprint density at radius 1 is 1.10 bits per heavy atom. The minimum absolute atomic E-state index is 0.0681. The van der Waals surface area contributed by atoms with Crippen molar-refractivity contribution in [2.45, 2.75) is 33.1 Å². The normalized spacial score (nSPS) is 11.5. The van der Waals surface area contributed by atoms with Crippen molar-refractivity contribution in [2.24, 2.45) is 0 Å². The molecule has 0 fully saturated rings. The summed E-state index contributed by atoms with van der Waals surface area (Å²) >= 11 is 0. The van der Waals surface area contributed by atoms with Gasteiger partial charge in [0, 0.05) is 34.6 Å². The zero-order chi connectivity index (χ0) is 22.0. The van der Waals surface area contributed by atoms with Gasteiger partial charge < -0.3 is 10.1 Å². The lowest BCUT2D eigenvalue weighted by Crippen LogP contribution is -2.19. The van der Waals surface area contributed by atoms with Crippen molar-refractivity contribution in [2.75, 3.05) is 17.2 Å². The molecule has 8 heteroatoms. The summed E-state index contributed by atoms with van der Waals surface area (Å²) in [5.74, 6) is 1.28. The van der Waals surface area contributed by atoms with Crippen LogP contribution in [0.5, 0.6) is 5.75 Å². The topological polar surface area (TPSA) is 96.9 Å². The molecule has 31 heavy (non-hydrogen) atoms. The summed E-state index contributed by atoms with van der Waals surface area (Å²) in [5, 5.41) is 12.7. The van der Waals surface area contributed by atoms with Gasteiger partial charge >= 0.3 is 6.03 Å². The largest absolute Gasteiger partial charge is 0.494 e. The second-order valence-electron chi connectivity index (χ2n) is 8.24. The second-order valence-corrected chi connectivity index (χ2v) is 8.24. The summed E-state index contributed by atoms with van der Waals surface area (Å²) in [4.78, 5) is 16.8. The Morgan fingerprint density at radius 3 is 2.55 bits per heavy atom. The molecule has 8 nitrogen and oxygen atoms in total. The number of amides is 2. The van der Waals surface area contributed by atoms with Crippen LogP contribution >= 0.6 is 0 Å². The molecule has 4 rings (SSSR count). The summed E-state index contributed by atoms with van der Waals surface area (Å²) in [6.45, 7) is 8.80. The molecular weight excluding hydrogens is 392 g/mol. The first-order chi connectivity index (χ1) is 14.8. The number of rotatable bonds is 5. The van der Waals surface area contributed by atoms with Crippen LogP contribution < -0.4 is 15.4 Å². The van der Waals surface area contributed by atoms with Crippen molar-refractivity contribution in [3.63, 3.8) is 0 Å². The van der Waals surface area contributed by atoms with E-state index in [-0.39, 0.29) is 11.4 Å². The third-order valence-electron chi connectivity index (χ3n) is 4.86. The van der Waals surface area contributed by atoms with Crippen molar-refractivity contribution in [3.05, 3.63) is 60.6 Å². The monoisotopic (exact) mass is 418 g/mol. The third kappa shape index (κ3) is 4.53. The first-order valence-corrected chi connectivity index (χ1v) is 10.2. The van der Waals surface area contributed by atoms with Gasteiger partial charge in [-0.3, -0.25) is 15.0 Å². The first kappa shape index (κ1) is 20.5. The second kappa shape index (κ2) is 8.14. The van der Waals surface area contributed by atoms with E-state index in [1.807, 2.05) is 60.0 Å². The summed E-state index contributed by atoms with van der Waals surface area (Å²) in [5.41, 5.74) is 4.35. The van der Waals surface area contributed by atoms with Gasteiger partial charge in [-0.15, -0.1) is 0 Å². The van der Waals surface area contributed by atoms with E-state index in [1.165, 1.54) is 0 Å². The van der Waals surface area contributed by atoms with Crippen LogP contribution in [0.3, 0.4) is 0 Å². The Hall–Kier alpha value is -3.81. The zero-order valence-corrected chi connectivity index (χ0v) is 18.1. The Bertz CT molecular complexity index is 1200. The van der Waals surface area contributed by atoms with Crippen LogP contribution in [-0.2, 0) is 5.41 Å². The van der Waals surface area contributed by atoms with Gasteiger partial charge in [0.2, 0.25) is 0 Å². The van der Waals surface area contributed by atoms with Gasteiger partial charge in [-0.25, -0.2) is 9.78 Å². The maximum Gasteiger partial charge on any atom is 0.324 e. The number of hydrogen-bond acceptors (Lipinski definition) is 4. The number of urea groups is 1. The van der Waals surface area contributed by atoms with E-state index in [2.05, 4.69) is 46.6 Å². The Balaban J connectivity index is 1.44. The van der Waals surface area contributed by atoms with Crippen LogP contribution in [-0.4, -0.2) is 32.4 Å². The van der Waals surface area contributed by atoms with E-state index in [9.17, 15) is 4.79 Å². The standard InChI is InChI=1S/C23H26N6O2/c1-5-31-17-10-11-19-18(12-17)24-14-29(19)16-8-6-15(7-9-16)25-22(30)26-21-13-20(27-28-21)23(2,3)4/h6-14H,5H2,1-4H3,(H3,25,26,27,28,30). The van der Waals surface area contributed by atoms with E-state index in [0.717, 1.165) is 28.2 Å². The number of carbonyl (C=O) groups is 1. The average Bonchev–Trinajstić information content (AvgIpc) is 3.35. The first-order valence-electron chi connectivity index (χ1n) is 10.2. The fraction of sp³-hybridized carbons (Fsp3) is 0.261. The lowest BCUT2D eigenvalue weighted by molar-refractivity contribution is 0.262. The van der Waals surface area contributed by atoms with Crippen LogP contribution in [0.15, 0.2) is 54.9 Å². The Labute approximate surface area is 180 Å². The van der Waals surface area contributed by atoms with Crippen molar-refractivity contribution < 1.29 is 9.53 Å². The van der Waals surface area contributed by atoms with E-state index >= 15 is 0 Å². The average molecular weight is 419 g/mol. The molecule has 0 atom stereocenters. The smallest absolute Gasteiger partial charge is 0.324 e. The van der Waals surface area contributed by atoms with E-state index in [0.29, 0.717) is 18.1 Å². The van der Waals surface area contributed by atoms with Gasteiger partial charge in [0.25, 0.3) is 0 Å². The molecule has 0 saturated carbocycles. The highest BCUT2D eigenvalue weighted by atomic mass is 16.5. The molecule has 0 bridgehead atoms. The van der Waals surface area contributed by atoms with E-state index < -0.39 is 0 Å². The highest BCUT2D eigenvalue weighted by molar-refractivity contribution is 5.99. The van der Waals surface area contributed by atoms with Gasteiger partial charge in [-0.2, -0.15) is 5.10 Å². The zero-order valence-electron chi connectivity index (χ0n) is 18.1. The quantitative estimate of drug-likeness (QED) is 0.421. The number of hydrogen-bond donors (Lipinski definition) is 3. The fourth-order valence-electron chi connectivity index (χ4n) is 3.21. The van der Waals surface area contributed by atoms with Gasteiger partial charge in [0.15, 0.2) is 5.82 Å². The molecule has 0 aliphatic carbocycles. The molecule has 160 valence electrons. The number of anilines is 2. The van der Waals surface area contributed by atoms with Crippen molar-refractivity contribution in [3.8, 4) is 11.4 Å². The molecule has 2 heterocycles. The molecule has 3 N–H and O–H groups in total. The Kier molecular flexibility index (Phi) is 5.37. The molecule has 2 aromatic carbocycles. The van der Waals surface area contributed by atoms with Crippen LogP contribution in [0.4, 0.5) is 16.3 Å². The number of aromatic amines is 1. The van der Waals surface area contributed by atoms with Gasteiger partial charge in [0.1, 0.15) is 12.1 Å². The number of imidazole rings is 1. The van der Waals surface area contributed by atoms with Crippen LogP contribution in [0.2, 0.25) is 0 Å². The van der Waals surface area contributed by atoms with Gasteiger partial charge in [-0.05, 0) is 43.3 Å². The third-order valence-corrected chi connectivity index (χ3v) is 4.86. The van der Waals surface area contributed by atoms with Gasteiger partial charge in [-0.1, -0.05) is 20.8 Å². The molecule has 2 amide bonds. The molecule has 0 radical (unpaired) electrons. The highest BCUT2D eigenvalue weighted by Gasteiger charge is 2.17. The van der Waals surface area contributed by atoms with Gasteiger partial charge in [0.05, 0.1) is 17.6 Å². The number of carbonyl (C=O) groups excluding carboxylic acids is 1. The lowest BCUT2D eigenvalue weighted by Gasteiger charge is -2.14. The number of benzene rings is 2. The number of aromatic nitrogens is 4. The molecule has 0 aliphatic heterocycles. The fourth-order valence-corrected chi connectivity index (χ4v) is 3.21. The maximum absolute atomic E-state index is 12.3. The Morgan fingerprint density at radius 2 is 1.87 bits per heavy atom. The summed E-state index contributed by atoms with van der Waals surface area (Å²) in [6, 6.07) is 14.9. The lowest BCUT2D eigenvalue weighted by atomic mass is 9.92. The predicted molar refractivity (Wildman–Crippen MR) is 122 cm³/mol. The molecule has 0 saturated heterocycles. The molecule has 0 spiro atoms. The summed E-state index contributed by atoms with van der Waals surface area (Å²) in [7, 11) is 0. The maximum atomic E-state index is 12.3. The molecular formula is C23H26N6O2. The minimum atomic E-state index is -0.351. The number of fused-ring (bicyclic) bond motifs is 1. The van der Waals surface area contributed by atoms with Crippen molar-refractivity contribution in [1.29, 1.82) is 0 Å². The van der Waals surface area contributed by atoms with E-state index in [4.69, 9.17) is 4.74 Å². The molecule has 4 aromatic rings. The van der Waals surface area contributed by atoms with Crippen LogP contribution in [0.1, 0.15) is 33.4 Å². The molecule has 0 unspecified atom stereocenters. The summed E-state index contributed by atoms with van der Waals surface area (Å²) in [6.07, 6.45) is 1.78. The minimum Gasteiger partial charge on any atom is -0.494 e. The number of nitrogens with zero attached hydrogens (tertiary/aromatic N) is 3. The van der Waals surface area contributed by atoms with Crippen molar-refractivity contribution >= 4 is 28.6 Å². The van der Waals surface area contributed by atoms with Crippen LogP contribution in [0, 0.1) is 0 Å². The SMILES string of the molecule is CCOc1ccc2c(c1)ncn2-c1ccc(NC(=O)Nc2cc(C(C)(C)C)[nH]n2)cc1. The van der Waals surface area contributed by atoms with E-state index in [1.54, 1.807) is 6.33 Å². The van der Waals surface area contributed by atoms with Crippen LogP contribution in [0.25, 0.3) is 16.7 Å². The highest BCUT2D eigenvalue weighted by Crippen LogP contribution is 2.24. The van der Waals surface area contributed by atoms with Crippen molar-refractivity contribution in [1.82, 2.24) is 19.7 Å². The predicted octanol–water partition coefficient (Wildman–Crippen LogP) is 5.09. The number of H-pyrrole nitrogens is 1. The molecule has 2 aromatic heterocycles. The number of nitrogens with one attached hydrogen (secondary N) is 3. The number of ether oxygens (including phenoxy) is 1. The molecule has 0 aliphatic rings. The summed E-state index contributed by atoms with van der Waals surface area (Å²) < 4.78 is 7.53.